The summed E-state index contributed by atoms with van der Waals surface area (Å²) >= 11 is 0. The maximum atomic E-state index is 13.0. The zero-order valence-corrected chi connectivity index (χ0v) is 11.6. The minimum absolute atomic E-state index is 0.0690. The van der Waals surface area contributed by atoms with Crippen LogP contribution in [0, 0.1) is 5.82 Å². The highest BCUT2D eigenvalue weighted by Crippen LogP contribution is 2.27. The Morgan fingerprint density at radius 2 is 2.10 bits per heavy atom. The van der Waals surface area contributed by atoms with Crippen LogP contribution in [-0.4, -0.2) is 24.4 Å². The zero-order valence-electron chi connectivity index (χ0n) is 10.8. The maximum Gasteiger partial charge on any atom is 0.209 e. The van der Waals surface area contributed by atoms with Crippen LogP contribution in [0.15, 0.2) is 34.5 Å². The van der Waals surface area contributed by atoms with Gasteiger partial charge in [-0.05, 0) is 12.1 Å². The SMILES string of the molecule is Nc1n[nH]c(CCS(N)(=O)=O)c1N=Nc1cccc(F)c1. The molecule has 0 fully saturated rings. The molecule has 0 aliphatic rings. The monoisotopic (exact) mass is 312 g/mol. The minimum atomic E-state index is -3.61. The van der Waals surface area contributed by atoms with Gasteiger partial charge in [-0.3, -0.25) is 5.10 Å². The largest absolute Gasteiger partial charge is 0.380 e. The van der Waals surface area contributed by atoms with Crippen molar-refractivity contribution in [3.63, 3.8) is 0 Å². The van der Waals surface area contributed by atoms with Crippen LogP contribution in [0.4, 0.5) is 21.6 Å². The van der Waals surface area contributed by atoms with Gasteiger partial charge in [-0.25, -0.2) is 17.9 Å². The number of aryl methyl sites for hydroxylation is 1. The van der Waals surface area contributed by atoms with Gasteiger partial charge >= 0.3 is 0 Å². The highest BCUT2D eigenvalue weighted by atomic mass is 32.2. The van der Waals surface area contributed by atoms with Crippen LogP contribution in [-0.2, 0) is 16.4 Å². The highest BCUT2D eigenvalue weighted by Gasteiger charge is 2.13. The first-order chi connectivity index (χ1) is 9.85. The van der Waals surface area contributed by atoms with Crippen LogP contribution >= 0.6 is 0 Å². The van der Waals surface area contributed by atoms with E-state index in [1.54, 1.807) is 6.07 Å². The summed E-state index contributed by atoms with van der Waals surface area (Å²) in [5.74, 6) is -0.655. The molecule has 2 aromatic rings. The second kappa shape index (κ2) is 5.97. The number of H-pyrrole nitrogens is 1. The third kappa shape index (κ3) is 4.33. The Bertz CT molecular complexity index is 771. The van der Waals surface area contributed by atoms with Crippen molar-refractivity contribution in [2.75, 3.05) is 11.5 Å². The highest BCUT2D eigenvalue weighted by molar-refractivity contribution is 7.89. The number of nitrogens with one attached hydrogen (secondary N) is 1. The number of sulfonamides is 1. The van der Waals surface area contributed by atoms with Gasteiger partial charge in [-0.1, -0.05) is 6.07 Å². The summed E-state index contributed by atoms with van der Waals surface area (Å²) in [6.07, 6.45) is 0.0700. The summed E-state index contributed by atoms with van der Waals surface area (Å²) in [6.45, 7) is 0. The number of primary sulfonamides is 1. The summed E-state index contributed by atoms with van der Waals surface area (Å²) < 4.78 is 34.9. The van der Waals surface area contributed by atoms with E-state index in [9.17, 15) is 12.8 Å². The molecule has 112 valence electrons. The van der Waals surface area contributed by atoms with Gasteiger partial charge in [0.1, 0.15) is 5.82 Å². The standard InChI is InChI=1S/C11H13FN6O2S/c12-7-2-1-3-8(6-7)15-17-10-9(16-18-11(10)13)4-5-21(14,19)20/h1-3,6H,4-5H2,(H3,13,16,18)(H2,14,19,20). The lowest BCUT2D eigenvalue weighted by Crippen LogP contribution is -2.18. The quantitative estimate of drug-likeness (QED) is 0.717. The lowest BCUT2D eigenvalue weighted by molar-refractivity contribution is 0.596. The number of hydrogen-bond donors (Lipinski definition) is 3. The summed E-state index contributed by atoms with van der Waals surface area (Å²) in [6, 6.07) is 5.53. The van der Waals surface area contributed by atoms with Gasteiger partial charge in [-0.15, -0.1) is 5.11 Å². The summed E-state index contributed by atoms with van der Waals surface area (Å²) in [4.78, 5) is 0. The first-order valence-corrected chi connectivity index (χ1v) is 7.57. The van der Waals surface area contributed by atoms with Crippen molar-refractivity contribution in [1.29, 1.82) is 0 Å². The van der Waals surface area contributed by atoms with Gasteiger partial charge in [-0.2, -0.15) is 10.2 Å². The fourth-order valence-corrected chi connectivity index (χ4v) is 2.05. The van der Waals surface area contributed by atoms with E-state index in [1.165, 1.54) is 18.2 Å². The molecule has 2 rings (SSSR count). The van der Waals surface area contributed by atoms with Crippen LogP contribution in [0.5, 0.6) is 0 Å². The Labute approximate surface area is 120 Å². The molecular formula is C11H13FN6O2S. The first kappa shape index (κ1) is 15.1. The number of rotatable bonds is 5. The second-order valence-corrected chi connectivity index (χ2v) is 5.97. The number of anilines is 1. The molecule has 10 heteroatoms. The third-order valence-electron chi connectivity index (χ3n) is 2.55. The van der Waals surface area contributed by atoms with Crippen LogP contribution in [0.1, 0.15) is 5.69 Å². The van der Waals surface area contributed by atoms with Gasteiger partial charge in [0.05, 0.1) is 17.1 Å². The van der Waals surface area contributed by atoms with Crippen molar-refractivity contribution >= 4 is 27.2 Å². The number of hydrogen-bond acceptors (Lipinski definition) is 6. The van der Waals surface area contributed by atoms with Crippen LogP contribution < -0.4 is 10.9 Å². The normalized spacial score (nSPS) is 12.1. The lowest BCUT2D eigenvalue weighted by atomic mass is 10.3. The Morgan fingerprint density at radius 3 is 2.76 bits per heavy atom. The minimum Gasteiger partial charge on any atom is -0.380 e. The van der Waals surface area contributed by atoms with Crippen molar-refractivity contribution in [2.45, 2.75) is 6.42 Å². The van der Waals surface area contributed by atoms with E-state index in [0.29, 0.717) is 11.4 Å². The Balaban J connectivity index is 2.21. The van der Waals surface area contributed by atoms with E-state index >= 15 is 0 Å². The van der Waals surface area contributed by atoms with Crippen molar-refractivity contribution in [3.8, 4) is 0 Å². The molecule has 0 unspecified atom stereocenters. The van der Waals surface area contributed by atoms with Crippen molar-refractivity contribution in [2.24, 2.45) is 15.4 Å². The van der Waals surface area contributed by atoms with Crippen LogP contribution in [0.3, 0.4) is 0 Å². The number of benzene rings is 1. The van der Waals surface area contributed by atoms with Crippen LogP contribution in [0.2, 0.25) is 0 Å². The molecule has 0 atom stereocenters. The molecule has 0 radical (unpaired) electrons. The van der Waals surface area contributed by atoms with E-state index in [4.69, 9.17) is 10.9 Å². The predicted molar refractivity (Wildman–Crippen MR) is 75.3 cm³/mol. The molecule has 5 N–H and O–H groups in total. The van der Waals surface area contributed by atoms with E-state index in [-0.39, 0.29) is 23.7 Å². The fourth-order valence-electron chi connectivity index (χ4n) is 1.56. The molecule has 0 saturated carbocycles. The zero-order chi connectivity index (χ0) is 15.5. The average molecular weight is 312 g/mol. The number of azo groups is 1. The first-order valence-electron chi connectivity index (χ1n) is 5.85. The molecule has 0 bridgehead atoms. The van der Waals surface area contributed by atoms with E-state index < -0.39 is 15.8 Å². The van der Waals surface area contributed by atoms with Gasteiger partial charge < -0.3 is 5.73 Å². The Hall–Kier alpha value is -2.33. The van der Waals surface area contributed by atoms with Gasteiger partial charge in [0.2, 0.25) is 10.0 Å². The smallest absolute Gasteiger partial charge is 0.209 e. The van der Waals surface area contributed by atoms with Crippen molar-refractivity contribution in [1.82, 2.24) is 10.2 Å². The topological polar surface area (TPSA) is 140 Å². The number of aromatic amines is 1. The van der Waals surface area contributed by atoms with Crippen molar-refractivity contribution < 1.29 is 12.8 Å². The van der Waals surface area contributed by atoms with Crippen molar-refractivity contribution in [3.05, 3.63) is 35.8 Å². The second-order valence-electron chi connectivity index (χ2n) is 4.23. The summed E-state index contributed by atoms with van der Waals surface area (Å²) in [7, 11) is -3.61. The molecule has 0 amide bonds. The van der Waals surface area contributed by atoms with Gasteiger partial charge in [0.25, 0.3) is 0 Å². The molecule has 1 aromatic heterocycles. The Morgan fingerprint density at radius 1 is 1.33 bits per heavy atom. The molecule has 8 nitrogen and oxygen atoms in total. The molecule has 0 spiro atoms. The van der Waals surface area contributed by atoms with E-state index in [0.717, 1.165) is 0 Å². The molecule has 0 aliphatic heterocycles. The molecular weight excluding hydrogens is 299 g/mol. The molecule has 0 aliphatic carbocycles. The van der Waals surface area contributed by atoms with E-state index in [1.807, 2.05) is 0 Å². The molecule has 0 saturated heterocycles. The number of nitrogen functional groups attached to an aromatic ring is 1. The fraction of sp³-hybridized carbons (Fsp3) is 0.182. The number of nitrogens with two attached hydrogens (primary N) is 2. The summed E-state index contributed by atoms with van der Waals surface area (Å²) in [5, 5.41) is 19.0. The Kier molecular flexibility index (Phi) is 4.29. The number of nitrogens with zero attached hydrogens (tertiary/aromatic N) is 3. The van der Waals surface area contributed by atoms with Crippen LogP contribution in [0.25, 0.3) is 0 Å². The average Bonchev–Trinajstić information content (AvgIpc) is 2.74. The number of aromatic nitrogens is 2. The third-order valence-corrected chi connectivity index (χ3v) is 3.32. The maximum absolute atomic E-state index is 13.0. The molecule has 1 heterocycles. The lowest BCUT2D eigenvalue weighted by Gasteiger charge is -1.98. The number of halogens is 1. The molecule has 1 aromatic carbocycles. The predicted octanol–water partition coefficient (Wildman–Crippen LogP) is 1.38. The summed E-state index contributed by atoms with van der Waals surface area (Å²) in [5.41, 5.74) is 6.52. The van der Waals surface area contributed by atoms with Gasteiger partial charge in [0.15, 0.2) is 11.5 Å². The van der Waals surface area contributed by atoms with Gasteiger partial charge in [0, 0.05) is 12.5 Å². The molecule has 21 heavy (non-hydrogen) atoms. The van der Waals surface area contributed by atoms with E-state index in [2.05, 4.69) is 20.4 Å².